The highest BCUT2D eigenvalue weighted by molar-refractivity contribution is 7.15. The van der Waals surface area contributed by atoms with E-state index in [4.69, 9.17) is 4.42 Å². The van der Waals surface area contributed by atoms with Crippen molar-refractivity contribution in [2.24, 2.45) is 0 Å². The van der Waals surface area contributed by atoms with Gasteiger partial charge in [-0.3, -0.25) is 14.2 Å². The van der Waals surface area contributed by atoms with E-state index in [0.29, 0.717) is 33.6 Å². The fraction of sp³-hybridized carbons (Fsp3) is 0.212. The number of furan rings is 1. The minimum absolute atomic E-state index is 0.0132. The number of aromatic hydroxyl groups is 1. The number of anilines is 2. The minimum Gasteiger partial charge on any atom is -0.506 e. The maximum Gasteiger partial charge on any atom is 0.297 e. The normalized spacial score (nSPS) is 14.2. The zero-order valence-electron chi connectivity index (χ0n) is 23.9. The van der Waals surface area contributed by atoms with E-state index in [1.165, 1.54) is 22.1 Å². The number of H-pyrrole nitrogens is 1. The van der Waals surface area contributed by atoms with Gasteiger partial charge in [0, 0.05) is 62.6 Å². The fourth-order valence-electron chi connectivity index (χ4n) is 6.00. The summed E-state index contributed by atoms with van der Waals surface area (Å²) >= 11 is 1.48. The average Bonchev–Trinajstić information content (AvgIpc) is 3.76. The summed E-state index contributed by atoms with van der Waals surface area (Å²) in [7, 11) is 0. The van der Waals surface area contributed by atoms with Gasteiger partial charge in [0.05, 0.1) is 17.9 Å². The quantitative estimate of drug-likeness (QED) is 0.168. The predicted molar refractivity (Wildman–Crippen MR) is 169 cm³/mol. The van der Waals surface area contributed by atoms with Crippen LogP contribution in [0.5, 0.6) is 5.75 Å². The molecule has 0 radical (unpaired) electrons. The number of aliphatic hydroxyl groups excluding tert-OH is 1. The van der Waals surface area contributed by atoms with Crippen molar-refractivity contribution >= 4 is 56.4 Å². The molecule has 0 fully saturated rings. The predicted octanol–water partition coefficient (Wildman–Crippen LogP) is 6.83. The number of benzene rings is 2. The van der Waals surface area contributed by atoms with E-state index in [1.54, 1.807) is 24.3 Å². The van der Waals surface area contributed by atoms with Crippen LogP contribution in [0, 0.1) is 6.92 Å². The van der Waals surface area contributed by atoms with Crippen LogP contribution in [0.25, 0.3) is 32.3 Å². The summed E-state index contributed by atoms with van der Waals surface area (Å²) in [6, 6.07) is 16.7. The molecule has 1 amide bonds. The van der Waals surface area contributed by atoms with Gasteiger partial charge in [0.15, 0.2) is 5.76 Å². The van der Waals surface area contributed by atoms with E-state index < -0.39 is 12.0 Å². The van der Waals surface area contributed by atoms with Crippen molar-refractivity contribution in [2.75, 3.05) is 23.3 Å². The Morgan fingerprint density at radius 2 is 1.91 bits per heavy atom. The van der Waals surface area contributed by atoms with Crippen molar-refractivity contribution in [3.05, 3.63) is 88.4 Å². The molecule has 1 aliphatic carbocycles. The smallest absolute Gasteiger partial charge is 0.297 e. The molecule has 6 aromatic rings. The van der Waals surface area contributed by atoms with Crippen molar-refractivity contribution < 1.29 is 24.2 Å². The van der Waals surface area contributed by atoms with Crippen LogP contribution in [-0.4, -0.2) is 44.7 Å². The number of aromatic nitrogens is 2. The Labute approximate surface area is 251 Å². The molecule has 218 valence electrons. The molecule has 7 rings (SSSR count). The molecule has 9 nitrogen and oxygen atoms in total. The molecule has 0 saturated carbocycles. The number of hydrogen-bond donors (Lipinski definition) is 4. The Morgan fingerprint density at radius 3 is 2.70 bits per heavy atom. The Bertz CT molecular complexity index is 2060. The number of fused-ring (bicyclic) bond motifs is 5. The number of amides is 1. The molecule has 1 unspecified atom stereocenters. The summed E-state index contributed by atoms with van der Waals surface area (Å²) in [4.78, 5) is 34.0. The van der Waals surface area contributed by atoms with E-state index in [0.717, 1.165) is 45.0 Å². The second-order valence-electron chi connectivity index (χ2n) is 10.8. The number of aryl methyl sites for hydroxylation is 1. The lowest BCUT2D eigenvalue weighted by Gasteiger charge is -2.20. The van der Waals surface area contributed by atoms with Crippen molar-refractivity contribution in [3.8, 4) is 16.2 Å². The number of aromatic amines is 1. The molecular formula is C33H30N4O5S. The third-order valence-electron chi connectivity index (χ3n) is 8.13. The zero-order valence-corrected chi connectivity index (χ0v) is 24.7. The van der Waals surface area contributed by atoms with Crippen molar-refractivity contribution in [1.29, 1.82) is 0 Å². The van der Waals surface area contributed by atoms with E-state index in [1.807, 2.05) is 25.1 Å². The van der Waals surface area contributed by atoms with Crippen LogP contribution in [0.3, 0.4) is 0 Å². The molecule has 1 aliphatic rings. The van der Waals surface area contributed by atoms with Crippen LogP contribution in [0.15, 0.2) is 65.2 Å². The van der Waals surface area contributed by atoms with E-state index in [9.17, 15) is 19.8 Å². The van der Waals surface area contributed by atoms with Crippen LogP contribution in [0.1, 0.15) is 57.1 Å². The number of nitrogens with zero attached hydrogens (tertiary/aromatic N) is 2. The molecule has 0 saturated heterocycles. The number of rotatable bonds is 6. The number of carbonyl (C=O) groups is 2. The Balaban J connectivity index is 1.14. The third kappa shape index (κ3) is 4.50. The monoisotopic (exact) mass is 594 g/mol. The van der Waals surface area contributed by atoms with Crippen molar-refractivity contribution in [2.45, 2.75) is 33.3 Å². The van der Waals surface area contributed by atoms with Crippen LogP contribution >= 0.6 is 11.3 Å². The SMILES string of the molecule is CCN(CC)c1ccc2cc(C(=O)Nc3ccc4oc(C(=O)n5cc(O)c6c5CC(O)c5cc(C)sc5-6)cc4c3)[nH]c2c1. The maximum atomic E-state index is 13.6. The maximum absolute atomic E-state index is 13.6. The van der Waals surface area contributed by atoms with Crippen molar-refractivity contribution in [3.63, 3.8) is 0 Å². The van der Waals surface area contributed by atoms with Gasteiger partial charge in [0.1, 0.15) is 17.0 Å². The molecule has 10 heteroatoms. The largest absolute Gasteiger partial charge is 0.506 e. The first kappa shape index (κ1) is 27.1. The van der Waals surface area contributed by atoms with Crippen LogP contribution in [-0.2, 0) is 6.42 Å². The Hall–Kier alpha value is -4.80. The molecule has 4 N–H and O–H groups in total. The van der Waals surface area contributed by atoms with Crippen LogP contribution < -0.4 is 10.2 Å². The lowest BCUT2D eigenvalue weighted by molar-refractivity contribution is 0.0927. The molecule has 43 heavy (non-hydrogen) atoms. The zero-order chi connectivity index (χ0) is 30.0. The summed E-state index contributed by atoms with van der Waals surface area (Å²) in [6.45, 7) is 7.97. The van der Waals surface area contributed by atoms with Gasteiger partial charge in [-0.25, -0.2) is 0 Å². The second-order valence-corrected chi connectivity index (χ2v) is 12.1. The van der Waals surface area contributed by atoms with Gasteiger partial charge >= 0.3 is 0 Å². The van der Waals surface area contributed by atoms with Gasteiger partial charge in [-0.1, -0.05) is 6.07 Å². The van der Waals surface area contributed by atoms with Crippen LogP contribution in [0.2, 0.25) is 0 Å². The van der Waals surface area contributed by atoms with Crippen LogP contribution in [0.4, 0.5) is 11.4 Å². The van der Waals surface area contributed by atoms with Gasteiger partial charge in [0.2, 0.25) is 0 Å². The number of carbonyl (C=O) groups excluding carboxylic acids is 2. The highest BCUT2D eigenvalue weighted by atomic mass is 32.1. The first-order valence-corrected chi connectivity index (χ1v) is 15.0. The molecular weight excluding hydrogens is 564 g/mol. The molecule has 0 spiro atoms. The van der Waals surface area contributed by atoms with Gasteiger partial charge in [0.25, 0.3) is 11.8 Å². The highest BCUT2D eigenvalue weighted by Gasteiger charge is 2.33. The van der Waals surface area contributed by atoms with Gasteiger partial charge in [-0.05, 0) is 74.9 Å². The van der Waals surface area contributed by atoms with Gasteiger partial charge in [-0.15, -0.1) is 11.3 Å². The van der Waals surface area contributed by atoms with E-state index >= 15 is 0 Å². The highest BCUT2D eigenvalue weighted by Crippen LogP contribution is 2.48. The molecule has 4 heterocycles. The lowest BCUT2D eigenvalue weighted by Crippen LogP contribution is -2.21. The molecule has 0 bridgehead atoms. The van der Waals surface area contributed by atoms with E-state index in [2.05, 4.69) is 41.2 Å². The fourth-order valence-corrected chi connectivity index (χ4v) is 7.14. The van der Waals surface area contributed by atoms with Gasteiger partial charge < -0.3 is 29.8 Å². The standard InChI is InChI=1S/C33H30N4O5S/c1-4-36(5-2)21-8-6-18-12-24(35-23(18)14-21)32(40)34-20-7-9-28-19(11-20)13-29(42-28)33(41)37-16-27(39)30-25(37)15-26(38)22-10-17(3)43-31(22)30/h6-14,16,26,35,38-39H,4-5,15H2,1-3H3,(H,34,40). The van der Waals surface area contributed by atoms with E-state index in [-0.39, 0.29) is 23.8 Å². The summed E-state index contributed by atoms with van der Waals surface area (Å²) < 4.78 is 7.24. The van der Waals surface area contributed by atoms with Gasteiger partial charge in [-0.2, -0.15) is 0 Å². The number of aliphatic hydroxyl groups is 1. The molecule has 0 aliphatic heterocycles. The first-order valence-electron chi connectivity index (χ1n) is 14.2. The summed E-state index contributed by atoms with van der Waals surface area (Å²) in [5.74, 6) is -0.667. The summed E-state index contributed by atoms with van der Waals surface area (Å²) in [5, 5.41) is 26.0. The molecule has 4 aromatic heterocycles. The molecule has 2 aromatic carbocycles. The average molecular weight is 595 g/mol. The summed E-state index contributed by atoms with van der Waals surface area (Å²) in [6.07, 6.45) is 0.816. The Morgan fingerprint density at radius 1 is 1.09 bits per heavy atom. The Kier molecular flexibility index (Phi) is 6.41. The minimum atomic E-state index is -0.767. The first-order chi connectivity index (χ1) is 20.7. The lowest BCUT2D eigenvalue weighted by atomic mass is 9.94. The van der Waals surface area contributed by atoms with Crippen molar-refractivity contribution in [1.82, 2.24) is 9.55 Å². The number of thiophene rings is 1. The third-order valence-corrected chi connectivity index (χ3v) is 9.21. The summed E-state index contributed by atoms with van der Waals surface area (Å²) in [5.41, 5.74) is 5.36. The topological polar surface area (TPSA) is 124 Å². The molecule has 1 atom stereocenters. The number of nitrogens with one attached hydrogen (secondary N) is 2. The number of hydrogen-bond acceptors (Lipinski definition) is 7. The second kappa shape index (κ2) is 10.2.